The number of likely N-dealkylation sites (N-methyl/N-ethyl adjacent to an activating group) is 1. The third-order valence-electron chi connectivity index (χ3n) is 3.71. The number of hydrogen-bond donors (Lipinski definition) is 0. The van der Waals surface area contributed by atoms with E-state index in [2.05, 4.69) is 4.98 Å². The van der Waals surface area contributed by atoms with Crippen molar-refractivity contribution in [3.8, 4) is 0 Å². The van der Waals surface area contributed by atoms with Gasteiger partial charge in [0, 0.05) is 33.4 Å². The van der Waals surface area contributed by atoms with Crippen LogP contribution in [0.2, 0.25) is 0 Å². The van der Waals surface area contributed by atoms with Crippen LogP contribution in [0.25, 0.3) is 0 Å². The number of ether oxygens (including phenoxy) is 1. The smallest absolute Gasteiger partial charge is 0.350 e. The number of nitrogens with zero attached hydrogens (tertiary/aromatic N) is 3. The van der Waals surface area contributed by atoms with Crippen molar-refractivity contribution >= 4 is 28.9 Å². The molecule has 0 N–H and O–H groups in total. The summed E-state index contributed by atoms with van der Waals surface area (Å²) in [6.07, 6.45) is 0. The van der Waals surface area contributed by atoms with Gasteiger partial charge in [-0.05, 0) is 31.5 Å². The molecule has 0 aliphatic rings. The normalized spacial score (nSPS) is 10.4. The summed E-state index contributed by atoms with van der Waals surface area (Å²) < 4.78 is 5.13. The Morgan fingerprint density at radius 3 is 2.28 bits per heavy atom. The standard InChI is InChI=1S/C18H23N3O3S/c1-12-17(25-13(2)19-12)18(23)24-11-16(22)21(5)10-14-6-8-15(9-7-14)20(3)4/h6-9H,10-11H2,1-5H3. The SMILES string of the molecule is Cc1nc(C)c(C(=O)OCC(=O)N(C)Cc2ccc(N(C)C)cc2)s1. The minimum atomic E-state index is -0.500. The van der Waals surface area contributed by atoms with Gasteiger partial charge >= 0.3 is 5.97 Å². The zero-order chi connectivity index (χ0) is 18.6. The van der Waals surface area contributed by atoms with Gasteiger partial charge in [-0.25, -0.2) is 9.78 Å². The Kier molecular flexibility index (Phi) is 6.14. The maximum atomic E-state index is 12.2. The number of carbonyl (C=O) groups excluding carboxylic acids is 2. The zero-order valence-corrected chi connectivity index (χ0v) is 16.0. The molecule has 1 aromatic carbocycles. The quantitative estimate of drug-likeness (QED) is 0.740. The average Bonchev–Trinajstić information content (AvgIpc) is 2.91. The Morgan fingerprint density at radius 1 is 1.12 bits per heavy atom. The van der Waals surface area contributed by atoms with Crippen LogP contribution in [-0.2, 0) is 16.1 Å². The van der Waals surface area contributed by atoms with E-state index in [1.54, 1.807) is 18.9 Å². The summed E-state index contributed by atoms with van der Waals surface area (Å²) in [5, 5.41) is 0.800. The lowest BCUT2D eigenvalue weighted by molar-refractivity contribution is -0.133. The van der Waals surface area contributed by atoms with E-state index < -0.39 is 5.97 Å². The van der Waals surface area contributed by atoms with E-state index >= 15 is 0 Å². The highest BCUT2D eigenvalue weighted by molar-refractivity contribution is 7.13. The molecule has 134 valence electrons. The molecule has 0 radical (unpaired) electrons. The number of benzene rings is 1. The monoisotopic (exact) mass is 361 g/mol. The molecule has 1 amide bonds. The van der Waals surface area contributed by atoms with Crippen molar-refractivity contribution in [3.05, 3.63) is 45.4 Å². The van der Waals surface area contributed by atoms with Crippen LogP contribution in [0.1, 0.15) is 25.9 Å². The number of esters is 1. The lowest BCUT2D eigenvalue weighted by Gasteiger charge is -2.18. The van der Waals surface area contributed by atoms with Crippen molar-refractivity contribution in [2.75, 3.05) is 32.6 Å². The molecule has 0 bridgehead atoms. The fourth-order valence-corrected chi connectivity index (χ4v) is 3.10. The number of amides is 1. The molecular weight excluding hydrogens is 338 g/mol. The van der Waals surface area contributed by atoms with Gasteiger partial charge in [-0.2, -0.15) is 0 Å². The van der Waals surface area contributed by atoms with E-state index in [9.17, 15) is 9.59 Å². The minimum Gasteiger partial charge on any atom is -0.451 e. The molecule has 0 fully saturated rings. The molecule has 7 heteroatoms. The summed E-state index contributed by atoms with van der Waals surface area (Å²) in [5.41, 5.74) is 2.75. The van der Waals surface area contributed by atoms with Gasteiger partial charge in [0.2, 0.25) is 0 Å². The van der Waals surface area contributed by atoms with Gasteiger partial charge in [0.25, 0.3) is 5.91 Å². The fourth-order valence-electron chi connectivity index (χ4n) is 2.29. The molecule has 0 aliphatic heterocycles. The fraction of sp³-hybridized carbons (Fsp3) is 0.389. The summed E-state index contributed by atoms with van der Waals surface area (Å²) in [4.78, 5) is 32.4. The van der Waals surface area contributed by atoms with E-state index in [4.69, 9.17) is 4.74 Å². The molecule has 0 saturated heterocycles. The van der Waals surface area contributed by atoms with Gasteiger partial charge in [0.1, 0.15) is 4.88 Å². The molecule has 0 atom stereocenters. The average molecular weight is 361 g/mol. The van der Waals surface area contributed by atoms with Crippen LogP contribution in [0.3, 0.4) is 0 Å². The van der Waals surface area contributed by atoms with Crippen LogP contribution in [0, 0.1) is 13.8 Å². The van der Waals surface area contributed by atoms with Gasteiger partial charge in [0.05, 0.1) is 10.7 Å². The van der Waals surface area contributed by atoms with Crippen LogP contribution in [0.4, 0.5) is 5.69 Å². The Morgan fingerprint density at radius 2 is 1.76 bits per heavy atom. The summed E-state index contributed by atoms with van der Waals surface area (Å²) in [6.45, 7) is 3.77. The Bertz CT molecular complexity index is 753. The summed E-state index contributed by atoms with van der Waals surface area (Å²) >= 11 is 1.27. The summed E-state index contributed by atoms with van der Waals surface area (Å²) in [7, 11) is 5.65. The summed E-state index contributed by atoms with van der Waals surface area (Å²) in [6, 6.07) is 7.97. The molecule has 0 saturated carbocycles. The van der Waals surface area contributed by atoms with Crippen LogP contribution in [0.5, 0.6) is 0 Å². The Hall–Kier alpha value is -2.41. The molecule has 25 heavy (non-hydrogen) atoms. The number of carbonyl (C=O) groups is 2. The van der Waals surface area contributed by atoms with Crippen molar-refractivity contribution in [1.29, 1.82) is 0 Å². The lowest BCUT2D eigenvalue weighted by atomic mass is 10.2. The number of rotatable bonds is 6. The van der Waals surface area contributed by atoms with Gasteiger partial charge in [-0.1, -0.05) is 12.1 Å². The predicted molar refractivity (Wildman–Crippen MR) is 99.1 cm³/mol. The maximum Gasteiger partial charge on any atom is 0.350 e. The van der Waals surface area contributed by atoms with Crippen molar-refractivity contribution in [2.45, 2.75) is 20.4 Å². The van der Waals surface area contributed by atoms with Crippen molar-refractivity contribution < 1.29 is 14.3 Å². The zero-order valence-electron chi connectivity index (χ0n) is 15.2. The van der Waals surface area contributed by atoms with Crippen LogP contribution >= 0.6 is 11.3 Å². The topological polar surface area (TPSA) is 62.7 Å². The second kappa shape index (κ2) is 8.11. The van der Waals surface area contributed by atoms with Crippen molar-refractivity contribution in [2.24, 2.45) is 0 Å². The summed E-state index contributed by atoms with van der Waals surface area (Å²) in [5.74, 6) is -0.746. The van der Waals surface area contributed by atoms with E-state index in [0.29, 0.717) is 17.1 Å². The first-order chi connectivity index (χ1) is 11.8. The Labute approximate surface area is 152 Å². The predicted octanol–water partition coefficient (Wildman–Crippen LogP) is 2.64. The molecule has 2 aromatic rings. The molecule has 6 nitrogen and oxygen atoms in total. The highest BCUT2D eigenvalue weighted by Crippen LogP contribution is 2.18. The van der Waals surface area contributed by atoms with Gasteiger partial charge < -0.3 is 14.5 Å². The molecule has 1 aromatic heterocycles. The maximum absolute atomic E-state index is 12.2. The molecule has 2 rings (SSSR count). The number of aryl methyl sites for hydroxylation is 2. The minimum absolute atomic E-state index is 0.246. The molecule has 0 aliphatic carbocycles. The second-order valence-corrected chi connectivity index (χ2v) is 7.24. The van der Waals surface area contributed by atoms with Crippen molar-refractivity contribution in [1.82, 2.24) is 9.88 Å². The highest BCUT2D eigenvalue weighted by atomic mass is 32.1. The number of hydrogen-bond acceptors (Lipinski definition) is 6. The van der Waals surface area contributed by atoms with Crippen LogP contribution in [0.15, 0.2) is 24.3 Å². The van der Waals surface area contributed by atoms with E-state index in [1.807, 2.05) is 50.2 Å². The van der Waals surface area contributed by atoms with Crippen LogP contribution in [-0.4, -0.2) is 49.5 Å². The highest BCUT2D eigenvalue weighted by Gasteiger charge is 2.18. The van der Waals surface area contributed by atoms with Crippen LogP contribution < -0.4 is 4.90 Å². The molecular formula is C18H23N3O3S. The largest absolute Gasteiger partial charge is 0.451 e. The number of anilines is 1. The van der Waals surface area contributed by atoms with E-state index in [1.165, 1.54) is 11.3 Å². The first-order valence-corrected chi connectivity index (χ1v) is 8.71. The third kappa shape index (κ3) is 5.03. The molecule has 0 spiro atoms. The van der Waals surface area contributed by atoms with Gasteiger partial charge in [0.15, 0.2) is 6.61 Å². The molecule has 1 heterocycles. The first-order valence-electron chi connectivity index (χ1n) is 7.89. The lowest BCUT2D eigenvalue weighted by Crippen LogP contribution is -2.30. The second-order valence-electron chi connectivity index (χ2n) is 6.03. The van der Waals surface area contributed by atoms with Crippen molar-refractivity contribution in [3.63, 3.8) is 0 Å². The molecule has 0 unspecified atom stereocenters. The Balaban J connectivity index is 1.87. The first kappa shape index (κ1) is 18.9. The number of aromatic nitrogens is 1. The van der Waals surface area contributed by atoms with E-state index in [0.717, 1.165) is 16.3 Å². The van der Waals surface area contributed by atoms with Gasteiger partial charge in [-0.3, -0.25) is 4.79 Å². The van der Waals surface area contributed by atoms with E-state index in [-0.39, 0.29) is 12.5 Å². The van der Waals surface area contributed by atoms with Gasteiger partial charge in [-0.15, -0.1) is 11.3 Å². The number of thiazole rings is 1. The third-order valence-corrected chi connectivity index (χ3v) is 4.77.